The van der Waals surface area contributed by atoms with E-state index in [1.807, 2.05) is 53.4 Å². The molecule has 2 aromatic carbocycles. The van der Waals surface area contributed by atoms with Crippen molar-refractivity contribution in [2.45, 2.75) is 6.92 Å². The molecular weight excluding hydrogens is 460 g/mol. The van der Waals surface area contributed by atoms with Gasteiger partial charge in [-0.25, -0.2) is 4.98 Å². The van der Waals surface area contributed by atoms with Gasteiger partial charge in [0, 0.05) is 56.5 Å². The van der Waals surface area contributed by atoms with Crippen LogP contribution >= 0.6 is 0 Å². The van der Waals surface area contributed by atoms with Gasteiger partial charge in [0.2, 0.25) is 5.91 Å². The molecule has 1 aliphatic rings. The molecule has 0 unspecified atom stereocenters. The highest BCUT2D eigenvalue weighted by atomic mass is 16.6. The largest absolute Gasteiger partial charge is 0.362 e. The molecule has 0 bridgehead atoms. The molecule has 2 amide bonds. The lowest BCUT2D eigenvalue weighted by Gasteiger charge is -2.35. The van der Waals surface area contributed by atoms with Crippen LogP contribution in [0, 0.1) is 10.1 Å². The van der Waals surface area contributed by atoms with E-state index in [1.54, 1.807) is 27.6 Å². The predicted octanol–water partition coefficient (Wildman–Crippen LogP) is 3.83. The highest BCUT2D eigenvalue weighted by Crippen LogP contribution is 2.32. The van der Waals surface area contributed by atoms with Gasteiger partial charge < -0.3 is 15.1 Å². The molecule has 1 fully saturated rings. The number of rotatable bonds is 5. The normalized spacial score (nSPS) is 13.6. The first-order valence-electron chi connectivity index (χ1n) is 11.5. The Balaban J connectivity index is 1.46. The Morgan fingerprint density at radius 2 is 1.69 bits per heavy atom. The lowest BCUT2D eigenvalue weighted by Crippen LogP contribution is -2.48. The summed E-state index contributed by atoms with van der Waals surface area (Å²) in [7, 11) is 0. The number of hydrogen-bond acceptors (Lipinski definition) is 6. The smallest absolute Gasteiger partial charge is 0.293 e. The summed E-state index contributed by atoms with van der Waals surface area (Å²) in [6.07, 6.45) is 1.80. The van der Waals surface area contributed by atoms with Crippen LogP contribution in [0.1, 0.15) is 17.3 Å². The van der Waals surface area contributed by atoms with Crippen LogP contribution < -0.4 is 10.2 Å². The van der Waals surface area contributed by atoms with Crippen molar-refractivity contribution in [1.29, 1.82) is 0 Å². The Morgan fingerprint density at radius 1 is 0.972 bits per heavy atom. The second kappa shape index (κ2) is 9.49. The van der Waals surface area contributed by atoms with E-state index < -0.39 is 10.8 Å². The monoisotopic (exact) mass is 484 g/mol. The van der Waals surface area contributed by atoms with Gasteiger partial charge in [-0.1, -0.05) is 36.4 Å². The zero-order valence-corrected chi connectivity index (χ0v) is 19.6. The van der Waals surface area contributed by atoms with Crippen LogP contribution in [0.5, 0.6) is 0 Å². The summed E-state index contributed by atoms with van der Waals surface area (Å²) in [4.78, 5) is 44.6. The van der Waals surface area contributed by atoms with Crippen molar-refractivity contribution in [2.75, 3.05) is 36.4 Å². The van der Waals surface area contributed by atoms with Crippen LogP contribution in [-0.2, 0) is 4.79 Å². The molecule has 0 aliphatic carbocycles. The summed E-state index contributed by atoms with van der Waals surface area (Å²) in [6.45, 7) is 3.46. The second-order valence-corrected chi connectivity index (χ2v) is 8.51. The van der Waals surface area contributed by atoms with Crippen LogP contribution in [-0.4, -0.2) is 57.2 Å². The van der Waals surface area contributed by atoms with E-state index in [0.717, 1.165) is 5.56 Å². The number of nitro benzene ring substituents is 1. The first-order chi connectivity index (χ1) is 17.4. The van der Waals surface area contributed by atoms with Crippen LogP contribution in [0.15, 0.2) is 72.9 Å². The summed E-state index contributed by atoms with van der Waals surface area (Å²) in [5.74, 6) is -0.0128. The molecule has 1 N–H and O–H groups in total. The minimum absolute atomic E-state index is 0.0153. The number of carbonyl (C=O) groups is 2. The van der Waals surface area contributed by atoms with Crippen LogP contribution in [0.4, 0.5) is 17.2 Å². The number of benzene rings is 2. The molecule has 5 rings (SSSR count). The number of carbonyl (C=O) groups excluding carboxylic acids is 2. The van der Waals surface area contributed by atoms with Crippen LogP contribution in [0.2, 0.25) is 0 Å². The second-order valence-electron chi connectivity index (χ2n) is 8.51. The lowest BCUT2D eigenvalue weighted by molar-refractivity contribution is -0.384. The molecule has 36 heavy (non-hydrogen) atoms. The van der Waals surface area contributed by atoms with Crippen molar-refractivity contribution >= 4 is 34.7 Å². The quantitative estimate of drug-likeness (QED) is 0.340. The number of aromatic nitrogens is 2. The number of imidazole rings is 1. The molecule has 4 aromatic rings. The maximum absolute atomic E-state index is 13.3. The highest BCUT2D eigenvalue weighted by Gasteiger charge is 2.26. The number of fused-ring (bicyclic) bond motifs is 1. The average molecular weight is 485 g/mol. The van der Waals surface area contributed by atoms with E-state index in [2.05, 4.69) is 10.3 Å². The van der Waals surface area contributed by atoms with Gasteiger partial charge in [-0.3, -0.25) is 24.1 Å². The van der Waals surface area contributed by atoms with Gasteiger partial charge in [0.25, 0.3) is 11.6 Å². The molecule has 0 saturated carbocycles. The van der Waals surface area contributed by atoms with Crippen molar-refractivity contribution in [3.63, 3.8) is 0 Å². The summed E-state index contributed by atoms with van der Waals surface area (Å²) < 4.78 is 1.78. The summed E-state index contributed by atoms with van der Waals surface area (Å²) in [5.41, 5.74) is 2.54. The molecule has 1 aliphatic heterocycles. The zero-order chi connectivity index (χ0) is 25.2. The molecule has 0 spiro atoms. The van der Waals surface area contributed by atoms with E-state index in [1.165, 1.54) is 13.0 Å². The number of nitrogens with zero attached hydrogens (tertiary/aromatic N) is 5. The maximum Gasteiger partial charge on any atom is 0.293 e. The van der Waals surface area contributed by atoms with E-state index in [4.69, 9.17) is 0 Å². The van der Waals surface area contributed by atoms with E-state index in [0.29, 0.717) is 49.0 Å². The third-order valence-electron chi connectivity index (χ3n) is 6.31. The van der Waals surface area contributed by atoms with E-state index in [-0.39, 0.29) is 17.2 Å². The van der Waals surface area contributed by atoms with Gasteiger partial charge in [0.1, 0.15) is 22.8 Å². The fraction of sp³-hybridized carbons (Fsp3) is 0.192. The topological polar surface area (TPSA) is 113 Å². The Labute approximate surface area is 206 Å². The summed E-state index contributed by atoms with van der Waals surface area (Å²) in [6, 6.07) is 19.5. The summed E-state index contributed by atoms with van der Waals surface area (Å²) in [5, 5.41) is 14.8. The number of anilines is 2. The Morgan fingerprint density at radius 3 is 2.39 bits per heavy atom. The Hall–Kier alpha value is -4.73. The number of nitrogens with one attached hydrogen (secondary N) is 1. The van der Waals surface area contributed by atoms with Crippen molar-refractivity contribution in [3.8, 4) is 11.3 Å². The van der Waals surface area contributed by atoms with E-state index in [9.17, 15) is 19.7 Å². The highest BCUT2D eigenvalue weighted by molar-refractivity contribution is 6.06. The number of nitro groups is 1. The third-order valence-corrected chi connectivity index (χ3v) is 6.31. The van der Waals surface area contributed by atoms with Crippen LogP contribution in [0.3, 0.4) is 0 Å². The molecule has 0 atom stereocenters. The minimum Gasteiger partial charge on any atom is -0.362 e. The molecule has 10 nitrogen and oxygen atoms in total. The average Bonchev–Trinajstić information content (AvgIpc) is 3.27. The molecule has 182 valence electrons. The first kappa shape index (κ1) is 23.0. The van der Waals surface area contributed by atoms with Gasteiger partial charge in [0.15, 0.2) is 0 Å². The van der Waals surface area contributed by atoms with Gasteiger partial charge in [-0.15, -0.1) is 0 Å². The van der Waals surface area contributed by atoms with Gasteiger partial charge in [-0.05, 0) is 24.3 Å². The number of pyridine rings is 1. The maximum atomic E-state index is 13.3. The minimum atomic E-state index is -0.479. The van der Waals surface area contributed by atoms with E-state index >= 15 is 0 Å². The van der Waals surface area contributed by atoms with Gasteiger partial charge in [0.05, 0.1) is 4.92 Å². The van der Waals surface area contributed by atoms with Crippen molar-refractivity contribution in [1.82, 2.24) is 14.3 Å². The first-order valence-corrected chi connectivity index (χ1v) is 11.5. The number of amides is 2. The number of hydrogen-bond donors (Lipinski definition) is 1. The molecule has 0 radical (unpaired) electrons. The number of piperazine rings is 1. The summed E-state index contributed by atoms with van der Waals surface area (Å²) >= 11 is 0. The lowest BCUT2D eigenvalue weighted by atomic mass is 10.1. The van der Waals surface area contributed by atoms with Crippen molar-refractivity contribution in [2.24, 2.45) is 0 Å². The van der Waals surface area contributed by atoms with Crippen molar-refractivity contribution in [3.05, 3.63) is 88.6 Å². The zero-order valence-electron chi connectivity index (χ0n) is 19.6. The molecule has 1 saturated heterocycles. The standard InChI is InChI=1S/C26H24N6O4/c1-18(33)29-13-15-30(16-14-29)21-11-10-20(17-22(21)32(35)36)26(34)28-25-24(19-7-3-2-4-8-19)27-23-9-5-6-12-31(23)25/h2-12,17H,13-16H2,1H3,(H,28,34). The van der Waals surface area contributed by atoms with Crippen molar-refractivity contribution < 1.29 is 14.5 Å². The molecular formula is C26H24N6O4. The Kier molecular flexibility index (Phi) is 6.07. The SMILES string of the molecule is CC(=O)N1CCN(c2ccc(C(=O)Nc3c(-c4ccccc4)nc4ccccn34)cc2[N+](=O)[O-])CC1. The van der Waals surface area contributed by atoms with Gasteiger partial charge in [-0.2, -0.15) is 0 Å². The predicted molar refractivity (Wildman–Crippen MR) is 136 cm³/mol. The molecule has 3 heterocycles. The Bertz CT molecular complexity index is 1460. The molecule has 2 aromatic heterocycles. The fourth-order valence-electron chi connectivity index (χ4n) is 4.43. The molecule has 10 heteroatoms. The van der Waals surface area contributed by atoms with Gasteiger partial charge >= 0.3 is 0 Å². The third kappa shape index (κ3) is 4.36. The fourth-order valence-corrected chi connectivity index (χ4v) is 4.43. The van der Waals surface area contributed by atoms with Crippen LogP contribution in [0.25, 0.3) is 16.9 Å².